The van der Waals surface area contributed by atoms with E-state index in [-0.39, 0.29) is 12.5 Å². The Morgan fingerprint density at radius 2 is 2.22 bits per heavy atom. The number of halogens is 1. The lowest BCUT2D eigenvalue weighted by atomic mass is 10.1. The van der Waals surface area contributed by atoms with E-state index in [9.17, 15) is 4.79 Å². The maximum Gasteiger partial charge on any atom is 0.373 e. The molecule has 1 aromatic carbocycles. The Bertz CT molecular complexity index is 698. The highest BCUT2D eigenvalue weighted by atomic mass is 79.9. The Labute approximate surface area is 147 Å². The summed E-state index contributed by atoms with van der Waals surface area (Å²) in [6, 6.07) is 8.20. The lowest BCUT2D eigenvalue weighted by molar-refractivity contribution is -0.616. The van der Waals surface area contributed by atoms with E-state index in [1.807, 2.05) is 22.3 Å². The van der Waals surface area contributed by atoms with Crippen molar-refractivity contribution in [1.29, 1.82) is 0 Å². The van der Waals surface area contributed by atoms with E-state index >= 15 is 0 Å². The van der Waals surface area contributed by atoms with Crippen molar-refractivity contribution in [3.8, 4) is 11.1 Å². The summed E-state index contributed by atoms with van der Waals surface area (Å²) in [5.74, 6) is -0.245. The van der Waals surface area contributed by atoms with Gasteiger partial charge in [-0.15, -0.1) is 3.96 Å². The number of carbonyl (C=O) groups excluding carboxylic acids is 1. The SMILES string of the molecule is COC(=O)C[n+]1cc(-c2cccc(Br)c2)c(N2CCOCC2)s1. The number of hydrogen-bond acceptors (Lipinski definition) is 5. The van der Waals surface area contributed by atoms with Gasteiger partial charge in [0.05, 0.1) is 25.9 Å². The van der Waals surface area contributed by atoms with Gasteiger partial charge in [-0.05, 0) is 17.7 Å². The number of nitrogens with zero attached hydrogens (tertiary/aromatic N) is 2. The number of methoxy groups -OCH3 is 1. The van der Waals surface area contributed by atoms with E-state index in [0.717, 1.165) is 46.9 Å². The summed E-state index contributed by atoms with van der Waals surface area (Å²) in [5, 5.41) is 1.16. The van der Waals surface area contributed by atoms with Gasteiger partial charge < -0.3 is 14.4 Å². The van der Waals surface area contributed by atoms with Crippen molar-refractivity contribution in [2.24, 2.45) is 0 Å². The molecule has 5 nitrogen and oxygen atoms in total. The molecule has 1 fully saturated rings. The minimum absolute atomic E-state index is 0.229. The molecule has 2 aromatic rings. The molecule has 0 atom stereocenters. The molecule has 122 valence electrons. The van der Waals surface area contributed by atoms with Gasteiger partial charge in [-0.2, -0.15) is 0 Å². The van der Waals surface area contributed by atoms with E-state index < -0.39 is 0 Å². The number of rotatable bonds is 4. The van der Waals surface area contributed by atoms with Crippen LogP contribution in [0.5, 0.6) is 0 Å². The van der Waals surface area contributed by atoms with Crippen LogP contribution in [0.1, 0.15) is 0 Å². The van der Waals surface area contributed by atoms with Gasteiger partial charge in [-0.25, -0.2) is 4.79 Å². The number of carbonyl (C=O) groups is 1. The van der Waals surface area contributed by atoms with Crippen LogP contribution in [0.4, 0.5) is 5.00 Å². The Balaban J connectivity index is 1.99. The Kier molecular flexibility index (Phi) is 5.30. The van der Waals surface area contributed by atoms with Crippen LogP contribution in [0.25, 0.3) is 11.1 Å². The molecule has 2 heterocycles. The number of aromatic nitrogens is 1. The predicted molar refractivity (Wildman–Crippen MR) is 92.7 cm³/mol. The molecule has 1 aromatic heterocycles. The van der Waals surface area contributed by atoms with Crippen molar-refractivity contribution < 1.29 is 18.2 Å². The molecule has 0 radical (unpaired) electrons. The predicted octanol–water partition coefficient (Wildman–Crippen LogP) is 2.47. The molecule has 0 N–H and O–H groups in total. The van der Waals surface area contributed by atoms with Gasteiger partial charge in [0.15, 0.2) is 22.7 Å². The second kappa shape index (κ2) is 7.42. The van der Waals surface area contributed by atoms with E-state index in [4.69, 9.17) is 9.47 Å². The van der Waals surface area contributed by atoms with Crippen molar-refractivity contribution in [2.45, 2.75) is 6.54 Å². The smallest absolute Gasteiger partial charge is 0.373 e. The molecule has 0 aliphatic carbocycles. The number of esters is 1. The lowest BCUT2D eigenvalue weighted by Gasteiger charge is -2.26. The van der Waals surface area contributed by atoms with Crippen molar-refractivity contribution >= 4 is 38.4 Å². The number of hydrogen-bond donors (Lipinski definition) is 0. The van der Waals surface area contributed by atoms with Crippen molar-refractivity contribution in [3.63, 3.8) is 0 Å². The topological polar surface area (TPSA) is 42.7 Å². The second-order valence-electron chi connectivity index (χ2n) is 5.20. The van der Waals surface area contributed by atoms with Crippen LogP contribution in [-0.2, 0) is 20.8 Å². The quantitative estimate of drug-likeness (QED) is 0.586. The minimum atomic E-state index is -0.245. The fourth-order valence-corrected chi connectivity index (χ4v) is 4.02. The summed E-state index contributed by atoms with van der Waals surface area (Å²) in [7, 11) is 1.41. The molecule has 0 unspecified atom stereocenters. The third-order valence-electron chi connectivity index (χ3n) is 3.65. The average Bonchev–Trinajstić information content (AvgIpc) is 2.99. The zero-order chi connectivity index (χ0) is 16.2. The van der Waals surface area contributed by atoms with Crippen molar-refractivity contribution in [2.75, 3.05) is 38.3 Å². The normalized spacial score (nSPS) is 14.8. The Hall–Kier alpha value is -1.44. The van der Waals surface area contributed by atoms with E-state index in [0.29, 0.717) is 0 Å². The second-order valence-corrected chi connectivity index (χ2v) is 7.15. The van der Waals surface area contributed by atoms with Crippen LogP contribution in [0.15, 0.2) is 34.9 Å². The molecular weight excluding hydrogens is 380 g/mol. The van der Waals surface area contributed by atoms with E-state index in [1.54, 1.807) is 11.5 Å². The molecule has 0 amide bonds. The van der Waals surface area contributed by atoms with Crippen LogP contribution < -0.4 is 8.86 Å². The Morgan fingerprint density at radius 3 is 2.91 bits per heavy atom. The summed E-state index contributed by atoms with van der Waals surface area (Å²) in [4.78, 5) is 13.9. The number of anilines is 1. The molecule has 0 spiro atoms. The highest BCUT2D eigenvalue weighted by molar-refractivity contribution is 9.10. The van der Waals surface area contributed by atoms with Gasteiger partial charge in [0.2, 0.25) is 0 Å². The molecule has 3 rings (SSSR count). The lowest BCUT2D eigenvalue weighted by Crippen LogP contribution is -2.36. The third-order valence-corrected chi connectivity index (χ3v) is 5.27. The van der Waals surface area contributed by atoms with Crippen LogP contribution in [0.3, 0.4) is 0 Å². The molecule has 0 saturated carbocycles. The first-order chi connectivity index (χ1) is 11.2. The first-order valence-corrected chi connectivity index (χ1v) is 8.93. The van der Waals surface area contributed by atoms with Crippen LogP contribution in [-0.4, -0.2) is 39.4 Å². The molecule has 23 heavy (non-hydrogen) atoms. The maximum absolute atomic E-state index is 11.6. The van der Waals surface area contributed by atoms with Gasteiger partial charge in [0.25, 0.3) is 6.54 Å². The monoisotopic (exact) mass is 397 g/mol. The summed E-state index contributed by atoms with van der Waals surface area (Å²) >= 11 is 5.11. The number of morpholine rings is 1. The molecule has 1 aliphatic heterocycles. The van der Waals surface area contributed by atoms with Crippen LogP contribution in [0, 0.1) is 0 Å². The standard InChI is InChI=1S/C16H18BrN2O3S/c1-21-15(20)11-19-10-14(12-3-2-4-13(17)9-12)16(23-19)18-5-7-22-8-6-18/h2-4,9-10H,5-8,11H2,1H3/q+1. The number of benzene rings is 1. The largest absolute Gasteiger partial charge is 0.464 e. The summed E-state index contributed by atoms with van der Waals surface area (Å²) in [6.07, 6.45) is 2.02. The van der Waals surface area contributed by atoms with Gasteiger partial charge in [-0.1, -0.05) is 28.1 Å². The fraction of sp³-hybridized carbons (Fsp3) is 0.375. The van der Waals surface area contributed by atoms with E-state index in [2.05, 4.69) is 33.0 Å². The van der Waals surface area contributed by atoms with Crippen LogP contribution in [0.2, 0.25) is 0 Å². The summed E-state index contributed by atoms with van der Waals surface area (Å²) in [6.45, 7) is 3.41. The van der Waals surface area contributed by atoms with Gasteiger partial charge in [-0.3, -0.25) is 0 Å². The summed E-state index contributed by atoms with van der Waals surface area (Å²) in [5.41, 5.74) is 2.25. The first kappa shape index (κ1) is 16.4. The van der Waals surface area contributed by atoms with Gasteiger partial charge >= 0.3 is 5.97 Å². The highest BCUT2D eigenvalue weighted by Crippen LogP contribution is 2.35. The molecule has 1 aliphatic rings. The van der Waals surface area contributed by atoms with Crippen molar-refractivity contribution in [1.82, 2.24) is 0 Å². The summed E-state index contributed by atoms with van der Waals surface area (Å²) < 4.78 is 13.2. The molecular formula is C16H18BrN2O3S+. The Morgan fingerprint density at radius 1 is 1.43 bits per heavy atom. The van der Waals surface area contributed by atoms with Crippen molar-refractivity contribution in [3.05, 3.63) is 34.9 Å². The first-order valence-electron chi connectivity index (χ1n) is 7.36. The average molecular weight is 398 g/mol. The number of ether oxygens (including phenoxy) is 2. The van der Waals surface area contributed by atoms with Gasteiger partial charge in [0, 0.05) is 17.6 Å². The van der Waals surface area contributed by atoms with Crippen LogP contribution >= 0.6 is 27.5 Å². The minimum Gasteiger partial charge on any atom is -0.464 e. The zero-order valence-corrected chi connectivity index (χ0v) is 15.2. The molecule has 0 bridgehead atoms. The third kappa shape index (κ3) is 3.91. The molecule has 7 heteroatoms. The zero-order valence-electron chi connectivity index (χ0n) is 12.8. The highest BCUT2D eigenvalue weighted by Gasteiger charge is 2.26. The molecule has 1 saturated heterocycles. The van der Waals surface area contributed by atoms with Gasteiger partial charge in [0.1, 0.15) is 0 Å². The maximum atomic E-state index is 11.6. The van der Waals surface area contributed by atoms with E-state index in [1.165, 1.54) is 7.11 Å². The fourth-order valence-electron chi connectivity index (χ4n) is 2.50.